The van der Waals surface area contributed by atoms with Gasteiger partial charge in [-0.15, -0.1) is 0 Å². The minimum absolute atomic E-state index is 0.0469. The lowest BCUT2D eigenvalue weighted by molar-refractivity contribution is -0.141. The van der Waals surface area contributed by atoms with Crippen LogP contribution in [0.25, 0.3) is 0 Å². The Labute approximate surface area is 140 Å². The number of anilines is 2. The summed E-state index contributed by atoms with van der Waals surface area (Å²) in [6.45, 7) is 5.65. The topological polar surface area (TPSA) is 44.7 Å². The Morgan fingerprint density at radius 2 is 1.83 bits per heavy atom. The predicted molar refractivity (Wildman–Crippen MR) is 86.5 cm³/mol. The largest absolute Gasteiger partial charge is 0.433 e. The quantitative estimate of drug-likeness (QED) is 0.808. The average molecular weight is 347 g/mol. The second-order valence-electron chi connectivity index (χ2n) is 6.18. The van der Waals surface area contributed by atoms with Crippen LogP contribution >= 0.6 is 0 Å². The van der Waals surface area contributed by atoms with Crippen LogP contribution in [-0.2, 0) is 10.9 Å². The highest BCUT2D eigenvalue weighted by Gasteiger charge is 2.34. The summed E-state index contributed by atoms with van der Waals surface area (Å²) in [6.07, 6.45) is -4.50. The van der Waals surface area contributed by atoms with Crippen LogP contribution in [0, 0.1) is 0 Å². The van der Waals surface area contributed by atoms with Gasteiger partial charge in [0.25, 0.3) is 0 Å². The van der Waals surface area contributed by atoms with Gasteiger partial charge in [-0.25, -0.2) is 4.98 Å². The summed E-state index contributed by atoms with van der Waals surface area (Å²) in [4.78, 5) is 13.3. The number of aromatic nitrogens is 2. The summed E-state index contributed by atoms with van der Waals surface area (Å²) in [5.74, 6) is 0.312. The molecule has 2 rings (SSSR count). The summed E-state index contributed by atoms with van der Waals surface area (Å²) in [5, 5.41) is 0. The van der Waals surface area contributed by atoms with E-state index >= 15 is 0 Å². The first-order valence-electron chi connectivity index (χ1n) is 7.85. The van der Waals surface area contributed by atoms with Gasteiger partial charge in [-0.05, 0) is 6.92 Å². The fourth-order valence-corrected chi connectivity index (χ4v) is 2.59. The number of alkyl halides is 3. The van der Waals surface area contributed by atoms with Crippen molar-refractivity contribution in [1.29, 1.82) is 0 Å². The Balaban J connectivity index is 2.18. The summed E-state index contributed by atoms with van der Waals surface area (Å²) >= 11 is 0. The molecule has 24 heavy (non-hydrogen) atoms. The Morgan fingerprint density at radius 3 is 2.38 bits per heavy atom. The maximum Gasteiger partial charge on any atom is 0.433 e. The van der Waals surface area contributed by atoms with Crippen LogP contribution in [0.3, 0.4) is 0 Å². The summed E-state index contributed by atoms with van der Waals surface area (Å²) in [5.41, 5.74) is -0.929. The van der Waals surface area contributed by atoms with Gasteiger partial charge in [0.05, 0.1) is 13.2 Å². The number of rotatable bonds is 5. The van der Waals surface area contributed by atoms with E-state index in [1.54, 1.807) is 26.0 Å². The second kappa shape index (κ2) is 7.52. The molecule has 6 nitrogen and oxygen atoms in total. The third-order valence-electron chi connectivity index (χ3n) is 3.99. The molecular formula is C15H24F3N5O. The Bertz CT molecular complexity index is 546. The summed E-state index contributed by atoms with van der Waals surface area (Å²) in [6, 6.07) is 1.19. The molecule has 2 heterocycles. The molecule has 1 saturated heterocycles. The third kappa shape index (κ3) is 4.70. The molecule has 0 aromatic carbocycles. The molecule has 1 aliphatic rings. The molecule has 1 aromatic heterocycles. The minimum atomic E-state index is -4.50. The molecule has 0 bridgehead atoms. The average Bonchev–Trinajstić information content (AvgIpc) is 2.54. The summed E-state index contributed by atoms with van der Waals surface area (Å²) < 4.78 is 44.6. The van der Waals surface area contributed by atoms with Crippen molar-refractivity contribution in [1.82, 2.24) is 14.9 Å². The van der Waals surface area contributed by atoms with Gasteiger partial charge in [-0.1, -0.05) is 0 Å². The van der Waals surface area contributed by atoms with Crippen molar-refractivity contribution in [3.8, 4) is 0 Å². The van der Waals surface area contributed by atoms with Crippen molar-refractivity contribution in [3.63, 3.8) is 0 Å². The van der Waals surface area contributed by atoms with Crippen molar-refractivity contribution in [3.05, 3.63) is 11.8 Å². The van der Waals surface area contributed by atoms with Gasteiger partial charge in [0, 0.05) is 52.9 Å². The number of likely N-dealkylation sites (N-methyl/N-ethyl adjacent to an activating group) is 1. The highest BCUT2D eigenvalue weighted by Crippen LogP contribution is 2.30. The van der Waals surface area contributed by atoms with Crippen LogP contribution < -0.4 is 9.80 Å². The molecule has 9 heteroatoms. The molecule has 0 amide bonds. The monoisotopic (exact) mass is 347 g/mol. The van der Waals surface area contributed by atoms with E-state index in [1.807, 2.05) is 0 Å². The Kier molecular flexibility index (Phi) is 5.87. The van der Waals surface area contributed by atoms with Crippen LogP contribution in [-0.4, -0.2) is 74.9 Å². The molecule has 0 spiro atoms. The van der Waals surface area contributed by atoms with Crippen LogP contribution in [0.15, 0.2) is 6.07 Å². The minimum Gasteiger partial charge on any atom is -0.379 e. The van der Waals surface area contributed by atoms with Crippen LogP contribution in [0.1, 0.15) is 12.6 Å². The van der Waals surface area contributed by atoms with Crippen molar-refractivity contribution in [2.45, 2.75) is 19.1 Å². The van der Waals surface area contributed by atoms with E-state index in [-0.39, 0.29) is 17.8 Å². The number of morpholine rings is 1. The van der Waals surface area contributed by atoms with Crippen molar-refractivity contribution < 1.29 is 17.9 Å². The number of halogens is 3. The number of nitrogens with zero attached hydrogens (tertiary/aromatic N) is 5. The second-order valence-corrected chi connectivity index (χ2v) is 6.18. The zero-order valence-electron chi connectivity index (χ0n) is 14.5. The standard InChI is InChI=1S/C15H24F3N5O/c1-11(23-5-7-24-8-6-23)10-22(4)13-9-12(15(16,17)18)19-14(20-13)21(2)3/h9,11H,5-8,10H2,1-4H3. The van der Waals surface area contributed by atoms with Crippen LogP contribution in [0.5, 0.6) is 0 Å². The lowest BCUT2D eigenvalue weighted by atomic mass is 10.2. The van der Waals surface area contributed by atoms with Gasteiger partial charge in [-0.3, -0.25) is 4.90 Å². The molecule has 1 fully saturated rings. The van der Waals surface area contributed by atoms with Crippen LogP contribution in [0.2, 0.25) is 0 Å². The van der Waals surface area contributed by atoms with E-state index in [1.165, 1.54) is 4.90 Å². The van der Waals surface area contributed by atoms with E-state index in [4.69, 9.17) is 4.74 Å². The van der Waals surface area contributed by atoms with Gasteiger partial charge < -0.3 is 14.5 Å². The molecule has 1 aliphatic heterocycles. The van der Waals surface area contributed by atoms with E-state index in [0.29, 0.717) is 19.8 Å². The van der Waals surface area contributed by atoms with Gasteiger partial charge in [-0.2, -0.15) is 18.2 Å². The first-order chi connectivity index (χ1) is 11.2. The first kappa shape index (κ1) is 18.7. The van der Waals surface area contributed by atoms with E-state index < -0.39 is 11.9 Å². The molecule has 1 aromatic rings. The van der Waals surface area contributed by atoms with E-state index in [2.05, 4.69) is 21.8 Å². The van der Waals surface area contributed by atoms with Crippen molar-refractivity contribution in [2.24, 2.45) is 0 Å². The first-order valence-corrected chi connectivity index (χ1v) is 7.85. The van der Waals surface area contributed by atoms with Gasteiger partial charge >= 0.3 is 6.18 Å². The predicted octanol–water partition coefficient (Wildman–Crippen LogP) is 1.72. The molecule has 0 radical (unpaired) electrons. The molecule has 136 valence electrons. The Hall–Kier alpha value is -1.61. The Morgan fingerprint density at radius 1 is 1.21 bits per heavy atom. The molecule has 0 N–H and O–H groups in total. The van der Waals surface area contributed by atoms with Crippen LogP contribution in [0.4, 0.5) is 24.9 Å². The highest BCUT2D eigenvalue weighted by molar-refractivity contribution is 5.45. The lowest BCUT2D eigenvalue weighted by Gasteiger charge is -2.34. The maximum atomic E-state index is 13.1. The van der Waals surface area contributed by atoms with Crippen molar-refractivity contribution in [2.75, 3.05) is 63.8 Å². The highest BCUT2D eigenvalue weighted by atomic mass is 19.4. The SMILES string of the molecule is CC(CN(C)c1cc(C(F)(F)F)nc(N(C)C)n1)N1CCOCC1. The molecule has 0 saturated carbocycles. The summed E-state index contributed by atoms with van der Waals surface area (Å²) in [7, 11) is 4.99. The van der Waals surface area contributed by atoms with Crippen molar-refractivity contribution >= 4 is 11.8 Å². The number of hydrogen-bond acceptors (Lipinski definition) is 6. The fraction of sp³-hybridized carbons (Fsp3) is 0.733. The van der Waals surface area contributed by atoms with Gasteiger partial charge in [0.15, 0.2) is 5.69 Å². The lowest BCUT2D eigenvalue weighted by Crippen LogP contribution is -2.47. The third-order valence-corrected chi connectivity index (χ3v) is 3.99. The molecule has 0 aliphatic carbocycles. The van der Waals surface area contributed by atoms with Gasteiger partial charge in [0.2, 0.25) is 5.95 Å². The zero-order valence-corrected chi connectivity index (χ0v) is 14.5. The molecular weight excluding hydrogens is 323 g/mol. The van der Waals surface area contributed by atoms with E-state index in [9.17, 15) is 13.2 Å². The number of hydrogen-bond donors (Lipinski definition) is 0. The smallest absolute Gasteiger partial charge is 0.379 e. The molecule has 1 unspecified atom stereocenters. The maximum absolute atomic E-state index is 13.1. The van der Waals surface area contributed by atoms with E-state index in [0.717, 1.165) is 19.2 Å². The number of ether oxygens (including phenoxy) is 1. The normalized spacial score (nSPS) is 17.6. The van der Waals surface area contributed by atoms with Gasteiger partial charge in [0.1, 0.15) is 5.82 Å². The zero-order chi connectivity index (χ0) is 17.9. The fourth-order valence-electron chi connectivity index (χ4n) is 2.59. The molecule has 1 atom stereocenters.